The molecule has 0 fully saturated rings. The van der Waals surface area contributed by atoms with Crippen LogP contribution in [-0.2, 0) is 23.9 Å². The molecule has 21 heavy (non-hydrogen) atoms. The summed E-state index contributed by atoms with van der Waals surface area (Å²) >= 11 is 0. The molecule has 122 valence electrons. The van der Waals surface area contributed by atoms with Gasteiger partial charge < -0.3 is 14.4 Å². The Morgan fingerprint density at radius 3 is 1.90 bits per heavy atom. The van der Waals surface area contributed by atoms with E-state index >= 15 is 0 Å². The van der Waals surface area contributed by atoms with Crippen molar-refractivity contribution in [3.05, 3.63) is 0 Å². The molecule has 0 spiro atoms. The number of rotatable bonds is 9. The normalized spacial score (nSPS) is 14.4. The molecule has 0 aliphatic rings. The van der Waals surface area contributed by atoms with E-state index in [1.54, 1.807) is 34.9 Å². The average Bonchev–Trinajstić information content (AvgIpc) is 2.41. The molecule has 6 nitrogen and oxygen atoms in total. The summed E-state index contributed by atoms with van der Waals surface area (Å²) in [6.07, 6.45) is 0.482. The molecule has 0 saturated heterocycles. The van der Waals surface area contributed by atoms with Crippen LogP contribution in [0, 0.1) is 0 Å². The van der Waals surface area contributed by atoms with Gasteiger partial charge >= 0.3 is 0 Å². The molecule has 0 aliphatic carbocycles. The number of carbonyl (C=O) groups is 3. The van der Waals surface area contributed by atoms with Crippen LogP contribution < -0.4 is 0 Å². The van der Waals surface area contributed by atoms with E-state index in [9.17, 15) is 14.4 Å². The van der Waals surface area contributed by atoms with E-state index in [-0.39, 0.29) is 30.7 Å². The summed E-state index contributed by atoms with van der Waals surface area (Å²) in [4.78, 5) is 36.5. The first-order valence-corrected chi connectivity index (χ1v) is 6.98. The Hall–Kier alpha value is -1.27. The van der Waals surface area contributed by atoms with Gasteiger partial charge in [-0.3, -0.25) is 14.4 Å². The number of nitrogens with zero attached hydrogens (tertiary/aromatic N) is 1. The van der Waals surface area contributed by atoms with Crippen LogP contribution in [0.5, 0.6) is 0 Å². The zero-order chi connectivity index (χ0) is 16.8. The van der Waals surface area contributed by atoms with Gasteiger partial charge in [0.1, 0.15) is 24.4 Å². The van der Waals surface area contributed by atoms with Gasteiger partial charge in [-0.2, -0.15) is 0 Å². The lowest BCUT2D eigenvalue weighted by Gasteiger charge is -2.29. The zero-order valence-electron chi connectivity index (χ0n) is 14.1. The van der Waals surface area contributed by atoms with Crippen molar-refractivity contribution in [3.63, 3.8) is 0 Å². The van der Waals surface area contributed by atoms with Crippen molar-refractivity contribution in [1.29, 1.82) is 0 Å². The molecular formula is C15H27NO5. The first-order valence-electron chi connectivity index (χ1n) is 6.98. The average molecular weight is 301 g/mol. The number of ketones is 2. The van der Waals surface area contributed by atoms with Gasteiger partial charge in [-0.25, -0.2) is 0 Å². The van der Waals surface area contributed by atoms with Crippen molar-refractivity contribution in [3.8, 4) is 0 Å². The van der Waals surface area contributed by atoms with Crippen molar-refractivity contribution >= 4 is 17.5 Å². The minimum absolute atomic E-state index is 0.126. The third-order valence-electron chi connectivity index (χ3n) is 3.67. The molecule has 1 unspecified atom stereocenters. The van der Waals surface area contributed by atoms with Crippen LogP contribution in [0.1, 0.15) is 41.0 Å². The minimum Gasteiger partial charge on any atom is -0.360 e. The van der Waals surface area contributed by atoms with Crippen LogP contribution in [0.15, 0.2) is 0 Å². The number of carbonyl (C=O) groups excluding carboxylic acids is 3. The summed E-state index contributed by atoms with van der Waals surface area (Å²) in [6, 6.07) is 0. The number of amides is 1. The summed E-state index contributed by atoms with van der Waals surface area (Å²) < 4.78 is 10.8. The lowest BCUT2D eigenvalue weighted by atomic mass is 9.98. The Bertz CT molecular complexity index is 403. The van der Waals surface area contributed by atoms with Gasteiger partial charge in [-0.1, -0.05) is 6.92 Å². The Labute approximate surface area is 126 Å². The van der Waals surface area contributed by atoms with Crippen LogP contribution >= 0.6 is 0 Å². The van der Waals surface area contributed by atoms with Crippen LogP contribution in [-0.4, -0.2) is 60.9 Å². The van der Waals surface area contributed by atoms with Crippen LogP contribution in [0.25, 0.3) is 0 Å². The molecule has 0 aromatic heterocycles. The fourth-order valence-electron chi connectivity index (χ4n) is 1.30. The maximum Gasteiger partial charge on any atom is 0.248 e. The maximum absolute atomic E-state index is 12.1. The first kappa shape index (κ1) is 19.7. The van der Waals surface area contributed by atoms with Crippen molar-refractivity contribution in [2.24, 2.45) is 0 Å². The van der Waals surface area contributed by atoms with Gasteiger partial charge in [0.25, 0.3) is 0 Å². The molecule has 0 heterocycles. The Kier molecular flexibility index (Phi) is 7.19. The summed E-state index contributed by atoms with van der Waals surface area (Å²) in [6.45, 7) is 7.68. The predicted molar refractivity (Wildman–Crippen MR) is 79.1 cm³/mol. The monoisotopic (exact) mass is 301 g/mol. The van der Waals surface area contributed by atoms with E-state index in [1.165, 1.54) is 11.8 Å². The number of Topliss-reactive ketones (excluding diaryl/α,β-unsaturated/α-hetero) is 2. The minimum atomic E-state index is -1.14. The molecule has 0 aromatic carbocycles. The number of hydrogen-bond acceptors (Lipinski definition) is 5. The van der Waals surface area contributed by atoms with Crippen molar-refractivity contribution in [2.75, 3.05) is 27.3 Å². The van der Waals surface area contributed by atoms with Crippen molar-refractivity contribution in [2.45, 2.75) is 52.2 Å². The summed E-state index contributed by atoms with van der Waals surface area (Å²) in [5, 5.41) is 0. The second kappa shape index (κ2) is 7.66. The standard InChI is InChI=1S/C15H27NO5/c1-8-15(5,11(2)17)21-9-12(18)14(3,4)20-10-13(19)16(6)7/h8-10H2,1-7H3. The molecule has 1 amide bonds. The van der Waals surface area contributed by atoms with Gasteiger partial charge in [0.2, 0.25) is 5.91 Å². The Morgan fingerprint density at radius 1 is 1.00 bits per heavy atom. The molecular weight excluding hydrogens is 274 g/mol. The third kappa shape index (κ3) is 5.93. The van der Waals surface area contributed by atoms with E-state index in [4.69, 9.17) is 9.47 Å². The van der Waals surface area contributed by atoms with Crippen LogP contribution in [0.4, 0.5) is 0 Å². The summed E-state index contributed by atoms with van der Waals surface area (Å²) in [7, 11) is 3.23. The van der Waals surface area contributed by atoms with Gasteiger partial charge in [0.05, 0.1) is 0 Å². The predicted octanol–water partition coefficient (Wildman–Crippen LogP) is 1.21. The largest absolute Gasteiger partial charge is 0.360 e. The fraction of sp³-hybridized carbons (Fsp3) is 0.800. The second-order valence-electron chi connectivity index (χ2n) is 5.94. The number of hydrogen-bond donors (Lipinski definition) is 0. The molecule has 6 heteroatoms. The Balaban J connectivity index is 4.56. The molecule has 0 radical (unpaired) electrons. The first-order chi connectivity index (χ1) is 9.46. The Morgan fingerprint density at radius 2 is 1.52 bits per heavy atom. The molecule has 0 rings (SSSR count). The smallest absolute Gasteiger partial charge is 0.248 e. The van der Waals surface area contributed by atoms with E-state index < -0.39 is 11.2 Å². The van der Waals surface area contributed by atoms with Gasteiger partial charge in [-0.05, 0) is 34.1 Å². The highest BCUT2D eigenvalue weighted by Crippen LogP contribution is 2.19. The van der Waals surface area contributed by atoms with Crippen molar-refractivity contribution < 1.29 is 23.9 Å². The highest BCUT2D eigenvalue weighted by Gasteiger charge is 2.34. The van der Waals surface area contributed by atoms with Gasteiger partial charge in [0.15, 0.2) is 11.6 Å². The van der Waals surface area contributed by atoms with Crippen molar-refractivity contribution in [1.82, 2.24) is 4.90 Å². The molecule has 0 aliphatic heterocycles. The zero-order valence-corrected chi connectivity index (χ0v) is 14.1. The molecule has 0 saturated carbocycles. The van der Waals surface area contributed by atoms with Gasteiger partial charge in [0, 0.05) is 14.1 Å². The van der Waals surface area contributed by atoms with Crippen LogP contribution in [0.3, 0.4) is 0 Å². The topological polar surface area (TPSA) is 72.9 Å². The van der Waals surface area contributed by atoms with Crippen LogP contribution in [0.2, 0.25) is 0 Å². The molecule has 0 bridgehead atoms. The van der Waals surface area contributed by atoms with E-state index in [0.29, 0.717) is 6.42 Å². The highest BCUT2D eigenvalue weighted by atomic mass is 16.5. The molecule has 1 atom stereocenters. The number of likely N-dealkylation sites (N-methyl/N-ethyl adjacent to an activating group) is 1. The third-order valence-corrected chi connectivity index (χ3v) is 3.67. The SMILES string of the molecule is CCC(C)(OCC(=O)C(C)(C)OCC(=O)N(C)C)C(C)=O. The maximum atomic E-state index is 12.1. The van der Waals surface area contributed by atoms with E-state index in [0.717, 1.165) is 0 Å². The van der Waals surface area contributed by atoms with E-state index in [2.05, 4.69) is 0 Å². The lowest BCUT2D eigenvalue weighted by Crippen LogP contribution is -2.44. The van der Waals surface area contributed by atoms with E-state index in [1.807, 2.05) is 6.92 Å². The highest BCUT2D eigenvalue weighted by molar-refractivity contribution is 5.89. The lowest BCUT2D eigenvalue weighted by molar-refractivity contribution is -0.159. The molecule has 0 N–H and O–H groups in total. The quantitative estimate of drug-likeness (QED) is 0.640. The van der Waals surface area contributed by atoms with Gasteiger partial charge in [-0.15, -0.1) is 0 Å². The summed E-state index contributed by atoms with van der Waals surface area (Å²) in [5.74, 6) is -0.659. The molecule has 0 aromatic rings. The summed E-state index contributed by atoms with van der Waals surface area (Å²) in [5.41, 5.74) is -2.11. The fourth-order valence-corrected chi connectivity index (χ4v) is 1.30. The number of ether oxygens (including phenoxy) is 2. The second-order valence-corrected chi connectivity index (χ2v) is 5.94.